The number of para-hydroxylation sites is 1. The lowest BCUT2D eigenvalue weighted by Crippen LogP contribution is -2.36. The fourth-order valence-corrected chi connectivity index (χ4v) is 5.66. The fraction of sp³-hybridized carbons (Fsp3) is 0.448. The van der Waals surface area contributed by atoms with Crippen molar-refractivity contribution in [3.8, 4) is 11.5 Å². The molecule has 3 aliphatic rings. The smallest absolute Gasteiger partial charge is 0.197 e. The Kier molecular flexibility index (Phi) is 6.83. The lowest BCUT2D eigenvalue weighted by molar-refractivity contribution is -0.223. The number of anilines is 1. The van der Waals surface area contributed by atoms with Crippen LogP contribution >= 0.6 is 0 Å². The molecule has 1 aromatic heterocycles. The zero-order chi connectivity index (χ0) is 25.2. The summed E-state index contributed by atoms with van der Waals surface area (Å²) >= 11 is 0. The van der Waals surface area contributed by atoms with Crippen LogP contribution in [0.4, 0.5) is 10.2 Å². The maximum absolute atomic E-state index is 14.7. The highest BCUT2D eigenvalue weighted by Gasteiger charge is 2.26. The first-order valence-corrected chi connectivity index (χ1v) is 13.3. The number of aliphatic imine (C=N–C) groups is 1. The van der Waals surface area contributed by atoms with E-state index in [0.717, 1.165) is 61.2 Å². The molecule has 0 radical (unpaired) electrons. The van der Waals surface area contributed by atoms with Crippen LogP contribution in [-0.4, -0.2) is 67.8 Å². The molecule has 0 aliphatic carbocycles. The van der Waals surface area contributed by atoms with Crippen LogP contribution in [0.1, 0.15) is 24.8 Å². The molecule has 2 saturated heterocycles. The van der Waals surface area contributed by atoms with Crippen molar-refractivity contribution in [2.75, 3.05) is 50.8 Å². The van der Waals surface area contributed by atoms with E-state index in [0.29, 0.717) is 38.5 Å². The Morgan fingerprint density at radius 3 is 2.81 bits per heavy atom. The molecule has 7 nitrogen and oxygen atoms in total. The second-order valence-corrected chi connectivity index (χ2v) is 10.2. The van der Waals surface area contributed by atoms with Gasteiger partial charge in [0.2, 0.25) is 0 Å². The Balaban J connectivity index is 1.19. The third-order valence-electron chi connectivity index (χ3n) is 7.55. The molecule has 6 rings (SSSR count). The zero-order valence-electron chi connectivity index (χ0n) is 20.9. The molecule has 3 aromatic rings. The fourth-order valence-electron chi connectivity index (χ4n) is 5.66. The van der Waals surface area contributed by atoms with Crippen LogP contribution < -0.4 is 19.5 Å². The van der Waals surface area contributed by atoms with Gasteiger partial charge in [-0.1, -0.05) is 18.2 Å². The maximum atomic E-state index is 14.7. The number of likely N-dealkylation sites (tertiary alicyclic amines) is 1. The van der Waals surface area contributed by atoms with Crippen molar-refractivity contribution in [3.63, 3.8) is 0 Å². The highest BCUT2D eigenvalue weighted by Crippen LogP contribution is 2.34. The molecule has 0 bridgehead atoms. The highest BCUT2D eigenvalue weighted by molar-refractivity contribution is 5.81. The molecular weight excluding hydrogens is 471 g/mol. The third kappa shape index (κ3) is 5.34. The molecule has 2 unspecified atom stereocenters. The Hall–Kier alpha value is -3.39. The number of rotatable bonds is 7. The number of pyridine rings is 1. The SMILES string of the molecule is [O-]C(=NC(Cc1cc(F)c2c(c1)OCCO2)CN1CCCC1)C1CCN(c2ccc3ccccc3n2)C1. The third-order valence-corrected chi connectivity index (χ3v) is 7.55. The van der Waals surface area contributed by atoms with Crippen LogP contribution in [0.2, 0.25) is 0 Å². The summed E-state index contributed by atoms with van der Waals surface area (Å²) in [7, 11) is 0. The van der Waals surface area contributed by atoms with E-state index in [2.05, 4.69) is 21.9 Å². The summed E-state index contributed by atoms with van der Waals surface area (Å²) < 4.78 is 25.7. The second-order valence-electron chi connectivity index (χ2n) is 10.2. The summed E-state index contributed by atoms with van der Waals surface area (Å²) in [6, 6.07) is 15.3. The van der Waals surface area contributed by atoms with Crippen molar-refractivity contribution in [3.05, 3.63) is 59.9 Å². The van der Waals surface area contributed by atoms with Crippen LogP contribution in [0.15, 0.2) is 53.5 Å². The molecule has 0 amide bonds. The van der Waals surface area contributed by atoms with E-state index in [1.54, 1.807) is 0 Å². The van der Waals surface area contributed by atoms with Gasteiger partial charge in [0.05, 0.1) is 11.6 Å². The molecule has 194 valence electrons. The first kappa shape index (κ1) is 24.0. The molecule has 3 aliphatic heterocycles. The summed E-state index contributed by atoms with van der Waals surface area (Å²) in [4.78, 5) is 14.0. The van der Waals surface area contributed by atoms with E-state index >= 15 is 0 Å². The number of ether oxygens (including phenoxy) is 2. The van der Waals surface area contributed by atoms with Gasteiger partial charge in [-0.15, -0.1) is 0 Å². The molecule has 8 heteroatoms. The van der Waals surface area contributed by atoms with Gasteiger partial charge in [-0.3, -0.25) is 0 Å². The molecule has 2 fully saturated rings. The van der Waals surface area contributed by atoms with Crippen LogP contribution in [0, 0.1) is 11.7 Å². The number of halogens is 1. The largest absolute Gasteiger partial charge is 0.862 e. The lowest BCUT2D eigenvalue weighted by atomic mass is 10.0. The second kappa shape index (κ2) is 10.5. The van der Waals surface area contributed by atoms with Gasteiger partial charge < -0.3 is 29.4 Å². The quantitative estimate of drug-likeness (QED) is 0.363. The van der Waals surface area contributed by atoms with Crippen molar-refractivity contribution in [2.24, 2.45) is 10.9 Å². The Bertz CT molecular complexity index is 1290. The highest BCUT2D eigenvalue weighted by atomic mass is 19.1. The number of benzene rings is 2. The van der Waals surface area contributed by atoms with E-state index in [1.165, 1.54) is 6.07 Å². The Morgan fingerprint density at radius 1 is 1.08 bits per heavy atom. The molecule has 4 heterocycles. The molecule has 2 aromatic carbocycles. The summed E-state index contributed by atoms with van der Waals surface area (Å²) in [5.74, 6) is 0.855. The van der Waals surface area contributed by atoms with Crippen molar-refractivity contribution in [1.29, 1.82) is 0 Å². The van der Waals surface area contributed by atoms with Crippen molar-refractivity contribution >= 4 is 22.6 Å². The summed E-state index contributed by atoms with van der Waals surface area (Å²) in [5.41, 5.74) is 1.73. The monoisotopic (exact) mass is 503 g/mol. The molecule has 0 N–H and O–H groups in total. The van der Waals surface area contributed by atoms with Gasteiger partial charge in [-0.25, -0.2) is 9.37 Å². The Labute approximate surface area is 216 Å². The lowest BCUT2D eigenvalue weighted by Gasteiger charge is -2.26. The molecular formula is C29H32FN4O3-. The number of fused-ring (bicyclic) bond motifs is 2. The van der Waals surface area contributed by atoms with Crippen LogP contribution in [0.3, 0.4) is 0 Å². The summed E-state index contributed by atoms with van der Waals surface area (Å²) in [6.45, 7) is 4.87. The number of hydrogen-bond acceptors (Lipinski definition) is 7. The molecule has 0 spiro atoms. The predicted molar refractivity (Wildman–Crippen MR) is 140 cm³/mol. The zero-order valence-corrected chi connectivity index (χ0v) is 20.9. The van der Waals surface area contributed by atoms with Crippen molar-refractivity contribution < 1.29 is 19.0 Å². The first-order valence-electron chi connectivity index (χ1n) is 13.3. The minimum absolute atomic E-state index is 0.0644. The molecule has 2 atom stereocenters. The van der Waals surface area contributed by atoms with Gasteiger partial charge >= 0.3 is 0 Å². The number of hydrogen-bond donors (Lipinski definition) is 0. The Morgan fingerprint density at radius 2 is 1.92 bits per heavy atom. The van der Waals surface area contributed by atoms with E-state index in [-0.39, 0.29) is 23.6 Å². The van der Waals surface area contributed by atoms with Gasteiger partial charge in [-0.2, -0.15) is 0 Å². The van der Waals surface area contributed by atoms with Crippen molar-refractivity contribution in [1.82, 2.24) is 9.88 Å². The van der Waals surface area contributed by atoms with E-state index < -0.39 is 5.82 Å². The van der Waals surface area contributed by atoms with Gasteiger partial charge in [0, 0.05) is 30.9 Å². The first-order chi connectivity index (χ1) is 18.1. The van der Waals surface area contributed by atoms with Crippen LogP contribution in [0.25, 0.3) is 10.9 Å². The minimum atomic E-state index is -0.423. The molecule has 0 saturated carbocycles. The van der Waals surface area contributed by atoms with E-state index in [1.807, 2.05) is 30.3 Å². The predicted octanol–water partition coefficient (Wildman–Crippen LogP) is 3.44. The van der Waals surface area contributed by atoms with Crippen molar-refractivity contribution in [2.45, 2.75) is 31.7 Å². The number of nitrogens with zero attached hydrogens (tertiary/aromatic N) is 4. The van der Waals surface area contributed by atoms with Gasteiger partial charge in [0.15, 0.2) is 17.3 Å². The topological polar surface area (TPSA) is 73.3 Å². The average Bonchev–Trinajstić information content (AvgIpc) is 3.61. The molecule has 37 heavy (non-hydrogen) atoms. The summed E-state index contributed by atoms with van der Waals surface area (Å²) in [6.07, 6.45) is 3.57. The standard InChI is InChI=1S/C29H33FN4O3/c30-24-16-20(17-26-28(24)37-14-13-36-26)15-23(19-33-10-3-4-11-33)31-29(35)22-9-12-34(18-22)27-8-7-21-5-1-2-6-25(21)32-27/h1-2,5-8,16-17,22-23H,3-4,9-15,18-19H2,(H,31,35)/p-1. The average molecular weight is 504 g/mol. The maximum Gasteiger partial charge on any atom is 0.197 e. The normalized spacial score (nSPS) is 21.1. The van der Waals surface area contributed by atoms with Gasteiger partial charge in [-0.05, 0) is 80.6 Å². The van der Waals surface area contributed by atoms with Gasteiger partial charge in [0.25, 0.3) is 0 Å². The summed E-state index contributed by atoms with van der Waals surface area (Å²) in [5, 5.41) is 14.5. The minimum Gasteiger partial charge on any atom is -0.862 e. The van der Waals surface area contributed by atoms with E-state index in [4.69, 9.17) is 19.5 Å². The van der Waals surface area contributed by atoms with Gasteiger partial charge in [0.1, 0.15) is 19.0 Å². The number of aromatic nitrogens is 1. The van der Waals surface area contributed by atoms with Crippen LogP contribution in [-0.2, 0) is 6.42 Å². The van der Waals surface area contributed by atoms with Crippen LogP contribution in [0.5, 0.6) is 11.5 Å². The van der Waals surface area contributed by atoms with E-state index in [9.17, 15) is 9.50 Å².